The Balaban J connectivity index is 7.77. The van der Waals surface area contributed by atoms with Crippen molar-refractivity contribution in [3.63, 3.8) is 0 Å². The fraction of sp³-hybridized carbons (Fsp3) is 0.947. The lowest BCUT2D eigenvalue weighted by atomic mass is 9.82. The van der Waals surface area contributed by atoms with Crippen LogP contribution in [0.1, 0.15) is 6.42 Å². The molecule has 0 saturated heterocycles. The number of alkyl halides is 32. The van der Waals surface area contributed by atoms with Gasteiger partial charge < -0.3 is 5.73 Å². The lowest BCUT2D eigenvalue weighted by Crippen LogP contribution is -2.80. The van der Waals surface area contributed by atoms with Crippen LogP contribution in [0.4, 0.5) is 140 Å². The van der Waals surface area contributed by atoms with Crippen molar-refractivity contribution in [3.8, 4) is 0 Å². The number of carbonyl (C=O) groups is 1. The van der Waals surface area contributed by atoms with Crippen molar-refractivity contribution in [3.05, 3.63) is 0 Å². The Hall–Kier alpha value is -2.42. The van der Waals surface area contributed by atoms with Crippen molar-refractivity contribution in [2.24, 2.45) is 5.73 Å². The molecule has 0 radical (unpaired) electrons. The molecular weight excluding hydrogens is 898 g/mol. The summed E-state index contributed by atoms with van der Waals surface area (Å²) in [5.41, 5.74) is 3.34. The summed E-state index contributed by atoms with van der Waals surface area (Å²) in [6.07, 6.45) is -3.00. The highest BCUT2D eigenvalue weighted by Gasteiger charge is 3.01. The number of halogens is 32. The molecule has 2 nitrogen and oxygen atoms in total. The molecule has 0 aromatic rings. The van der Waals surface area contributed by atoms with Crippen LogP contribution in [0.15, 0.2) is 0 Å². The predicted molar refractivity (Wildman–Crippen MR) is 107 cm³/mol. The summed E-state index contributed by atoms with van der Waals surface area (Å²) in [7, 11) is 0. The van der Waals surface area contributed by atoms with Crippen LogP contribution < -0.4 is 5.73 Å². The Morgan fingerprint density at radius 2 is 0.463 bits per heavy atom. The maximum atomic E-state index is 13.9. The van der Waals surface area contributed by atoms with Gasteiger partial charge in [0.25, 0.3) is 5.91 Å². The molecule has 0 atom stereocenters. The smallest absolute Gasteiger partial charge is 0.364 e. The molecule has 0 aliphatic carbocycles. The maximum Gasteiger partial charge on any atom is 0.392 e. The highest BCUT2D eigenvalue weighted by atomic mass is 32.1. The molecule has 35 heteroatoms. The zero-order chi connectivity index (χ0) is 45.0. The average Bonchev–Trinajstić information content (AvgIpc) is 2.95. The van der Waals surface area contributed by atoms with Crippen molar-refractivity contribution < 1.29 is 145 Å². The zero-order valence-electron chi connectivity index (χ0n) is 23.4. The van der Waals surface area contributed by atoms with Gasteiger partial charge in [0.15, 0.2) is 0 Å². The van der Waals surface area contributed by atoms with Gasteiger partial charge in [-0.2, -0.15) is 153 Å². The number of nitrogens with two attached hydrogens (primary N) is 1. The van der Waals surface area contributed by atoms with Crippen molar-refractivity contribution >= 4 is 18.5 Å². The van der Waals surface area contributed by atoms with Crippen LogP contribution in [0, 0.1) is 0 Å². The van der Waals surface area contributed by atoms with Gasteiger partial charge in [0, 0.05) is 6.42 Å². The summed E-state index contributed by atoms with van der Waals surface area (Å²) in [4.78, 5) is 10.2. The van der Waals surface area contributed by atoms with Gasteiger partial charge in [-0.15, -0.1) is 0 Å². The van der Waals surface area contributed by atoms with E-state index in [1.54, 1.807) is 0 Å². The Labute approximate surface area is 277 Å². The third-order valence-corrected chi connectivity index (χ3v) is 6.94. The van der Waals surface area contributed by atoms with E-state index in [0.29, 0.717) is 0 Å². The molecule has 0 bridgehead atoms. The van der Waals surface area contributed by atoms with Gasteiger partial charge in [0.2, 0.25) is 0 Å². The number of rotatable bonds is 18. The topological polar surface area (TPSA) is 43.1 Å². The van der Waals surface area contributed by atoms with E-state index >= 15 is 0 Å². The third-order valence-electron chi connectivity index (χ3n) is 6.72. The minimum absolute atomic E-state index is 1.89. The van der Waals surface area contributed by atoms with Gasteiger partial charge in [-0.1, -0.05) is 0 Å². The first-order chi connectivity index (χ1) is 22.8. The van der Waals surface area contributed by atoms with Gasteiger partial charge in [0.05, 0.1) is 0 Å². The van der Waals surface area contributed by atoms with Gasteiger partial charge in [-0.05, 0) is 5.75 Å². The monoisotopic (exact) mass is 905 g/mol. The lowest BCUT2D eigenvalue weighted by molar-refractivity contribution is -0.488. The first-order valence-corrected chi connectivity index (χ1v) is 12.3. The molecule has 0 aromatic heterocycles. The molecule has 0 aromatic carbocycles. The fourth-order valence-corrected chi connectivity index (χ4v) is 3.53. The van der Waals surface area contributed by atoms with E-state index in [4.69, 9.17) is 0 Å². The second kappa shape index (κ2) is 12.8. The van der Waals surface area contributed by atoms with E-state index in [9.17, 15) is 145 Å². The Bertz CT molecular complexity index is 1400. The minimum atomic E-state index is -10.2. The van der Waals surface area contributed by atoms with Crippen LogP contribution in [-0.2, 0) is 4.79 Å². The molecule has 0 heterocycles. The highest BCUT2D eigenvalue weighted by molar-refractivity contribution is 7.80. The SMILES string of the molecule is NC(=O)C(F)(F)C(F)(F)C(F)(F)C(F)(F)C(F)(F)C(F)(F)C(F)(F)C(F)(F)C(F)(F)C(F)(F)C(F)(F)C(F)(F)C(F)(F)C(F)(F)C(F)(F)C(F)(F)CCS. The van der Waals surface area contributed by atoms with Crippen LogP contribution in [0.5, 0.6) is 0 Å². The predicted octanol–water partition coefficient (Wildman–Crippen LogP) is 9.96. The van der Waals surface area contributed by atoms with E-state index in [-0.39, 0.29) is 0 Å². The molecular formula is C19H7F32NOS. The van der Waals surface area contributed by atoms with Gasteiger partial charge in [-0.3, -0.25) is 4.79 Å². The molecule has 0 fully saturated rings. The summed E-state index contributed by atoms with van der Waals surface area (Å²) < 4.78 is 438. The molecule has 0 saturated carbocycles. The first kappa shape index (κ1) is 51.6. The fourth-order valence-electron chi connectivity index (χ4n) is 3.25. The zero-order valence-corrected chi connectivity index (χ0v) is 24.3. The third kappa shape index (κ3) is 5.76. The Kier molecular flexibility index (Phi) is 12.2. The van der Waals surface area contributed by atoms with Gasteiger partial charge in [-0.25, -0.2) is 0 Å². The maximum absolute atomic E-state index is 13.9. The molecule has 0 aliphatic heterocycles. The number of hydrogen-bond acceptors (Lipinski definition) is 2. The molecule has 1 amide bonds. The summed E-state index contributed by atoms with van der Waals surface area (Å²) >= 11 is 2.65. The van der Waals surface area contributed by atoms with E-state index in [2.05, 4.69) is 18.4 Å². The molecule has 0 rings (SSSR count). The molecule has 0 aliphatic rings. The van der Waals surface area contributed by atoms with E-state index in [1.807, 2.05) is 0 Å². The quantitative estimate of drug-likeness (QED) is 0.105. The van der Waals surface area contributed by atoms with Gasteiger partial charge >= 0.3 is 94.8 Å². The number of primary amides is 1. The number of hydrogen-bond donors (Lipinski definition) is 2. The second-order valence-corrected chi connectivity index (χ2v) is 10.6. The summed E-state index contributed by atoms with van der Waals surface area (Å²) in [5, 5.41) is 0. The van der Waals surface area contributed by atoms with E-state index in [0.717, 1.165) is 0 Å². The number of thiol groups is 1. The van der Waals surface area contributed by atoms with Crippen molar-refractivity contribution in [1.29, 1.82) is 0 Å². The largest absolute Gasteiger partial charge is 0.392 e. The van der Waals surface area contributed by atoms with E-state index < -0.39 is 113 Å². The van der Waals surface area contributed by atoms with Crippen molar-refractivity contribution in [1.82, 2.24) is 0 Å². The van der Waals surface area contributed by atoms with Crippen LogP contribution in [0.2, 0.25) is 0 Å². The molecule has 0 unspecified atom stereocenters. The van der Waals surface area contributed by atoms with Crippen molar-refractivity contribution in [2.45, 2.75) is 101 Å². The van der Waals surface area contributed by atoms with Crippen LogP contribution in [0.25, 0.3) is 0 Å². The standard InChI is InChI=1S/C19H7F32NOS/c20-4(21,1-2-54)6(24,25)8(28,29)10(32,33)12(36,37)14(40,41)16(44,45)18(48,49)19(50,51)17(46,47)15(42,43)13(38,39)11(34,35)9(30,31)7(26,27)5(22,23)3(52)53/h54H,1-2H2,(H2,52,53). The number of carbonyl (C=O) groups excluding carboxylic acids is 1. The summed E-state index contributed by atoms with van der Waals surface area (Å²) in [5.74, 6) is -156. The number of amides is 1. The van der Waals surface area contributed by atoms with Crippen molar-refractivity contribution in [2.75, 3.05) is 5.75 Å². The second-order valence-electron chi connectivity index (χ2n) is 10.2. The molecule has 2 N–H and O–H groups in total. The lowest BCUT2D eigenvalue weighted by Gasteiger charge is -2.47. The van der Waals surface area contributed by atoms with Gasteiger partial charge in [0.1, 0.15) is 0 Å². The normalized spacial score (nSPS) is 16.9. The molecule has 324 valence electrons. The minimum Gasteiger partial charge on any atom is -0.364 e. The van der Waals surface area contributed by atoms with Crippen LogP contribution >= 0.6 is 12.6 Å². The van der Waals surface area contributed by atoms with Crippen LogP contribution in [-0.4, -0.2) is 106 Å². The Morgan fingerprint density at radius 1 is 0.315 bits per heavy atom. The highest BCUT2D eigenvalue weighted by Crippen LogP contribution is 2.70. The van der Waals surface area contributed by atoms with Crippen LogP contribution in [0.3, 0.4) is 0 Å². The summed E-state index contributed by atoms with van der Waals surface area (Å²) in [6.45, 7) is 0. The summed E-state index contributed by atoms with van der Waals surface area (Å²) in [6, 6.07) is 0. The molecule has 0 spiro atoms. The van der Waals surface area contributed by atoms with E-state index in [1.165, 1.54) is 0 Å². The Morgan fingerprint density at radius 3 is 0.611 bits per heavy atom. The molecule has 54 heavy (non-hydrogen) atoms. The average molecular weight is 905 g/mol. The first-order valence-electron chi connectivity index (χ1n) is 11.7.